The summed E-state index contributed by atoms with van der Waals surface area (Å²) >= 11 is 2.33. The lowest BCUT2D eigenvalue weighted by molar-refractivity contribution is -0.113. The molecule has 2 aromatic carbocycles. The number of anilines is 2. The number of thioether (sulfide) groups is 1. The Kier molecular flexibility index (Phi) is 6.15. The molecular weight excluding hydrogens is 387 g/mol. The van der Waals surface area contributed by atoms with E-state index in [0.29, 0.717) is 15.0 Å². The number of carbonyl (C=O) groups excluding carboxylic acids is 2. The van der Waals surface area contributed by atoms with Crippen LogP contribution in [0.2, 0.25) is 0 Å². The van der Waals surface area contributed by atoms with Gasteiger partial charge in [0.25, 0.3) is 5.91 Å². The molecule has 0 fully saturated rings. The van der Waals surface area contributed by atoms with Crippen molar-refractivity contribution in [3.05, 3.63) is 65.5 Å². The molecule has 1 aromatic heterocycles. The van der Waals surface area contributed by atoms with Gasteiger partial charge in [-0.25, -0.2) is 4.39 Å². The molecule has 2 amide bonds. The molecule has 6 nitrogen and oxygen atoms in total. The van der Waals surface area contributed by atoms with Gasteiger partial charge in [-0.2, -0.15) is 0 Å². The summed E-state index contributed by atoms with van der Waals surface area (Å²) in [6.45, 7) is 1.91. The number of aryl methyl sites for hydroxylation is 1. The maximum atomic E-state index is 13.5. The Hall–Kier alpha value is -2.78. The summed E-state index contributed by atoms with van der Waals surface area (Å²) in [5, 5.41) is 13.4. The molecule has 3 aromatic rings. The van der Waals surface area contributed by atoms with Gasteiger partial charge in [0.2, 0.25) is 11.0 Å². The Bertz CT molecular complexity index is 977. The number of carbonyl (C=O) groups is 2. The van der Waals surface area contributed by atoms with Crippen LogP contribution in [-0.4, -0.2) is 27.8 Å². The Balaban J connectivity index is 1.53. The molecule has 0 aliphatic rings. The smallest absolute Gasteiger partial charge is 0.257 e. The highest BCUT2D eigenvalue weighted by molar-refractivity contribution is 8.01. The van der Waals surface area contributed by atoms with Gasteiger partial charge in [-0.1, -0.05) is 52.9 Å². The second kappa shape index (κ2) is 8.74. The van der Waals surface area contributed by atoms with E-state index in [0.717, 1.165) is 17.3 Å². The monoisotopic (exact) mass is 402 g/mol. The molecule has 0 aliphatic heterocycles. The molecule has 0 aliphatic carbocycles. The van der Waals surface area contributed by atoms with Gasteiger partial charge in [0.1, 0.15) is 5.82 Å². The topological polar surface area (TPSA) is 84.0 Å². The zero-order valence-corrected chi connectivity index (χ0v) is 15.9. The first-order valence-corrected chi connectivity index (χ1v) is 9.70. The number of hydrogen-bond acceptors (Lipinski definition) is 6. The summed E-state index contributed by atoms with van der Waals surface area (Å²) in [6, 6.07) is 13.2. The Morgan fingerprint density at radius 1 is 1.11 bits per heavy atom. The van der Waals surface area contributed by atoms with E-state index in [-0.39, 0.29) is 23.3 Å². The minimum Gasteiger partial charge on any atom is -0.323 e. The molecular formula is C18H15FN4O2S2. The lowest BCUT2D eigenvalue weighted by Gasteiger charge is -2.04. The number of aromatic nitrogens is 2. The summed E-state index contributed by atoms with van der Waals surface area (Å²) in [5.74, 6) is -1.07. The van der Waals surface area contributed by atoms with Crippen LogP contribution >= 0.6 is 23.1 Å². The zero-order valence-electron chi connectivity index (χ0n) is 14.2. The average Bonchev–Trinajstić information content (AvgIpc) is 3.09. The molecule has 138 valence electrons. The van der Waals surface area contributed by atoms with Crippen molar-refractivity contribution in [2.24, 2.45) is 0 Å². The number of benzene rings is 2. The molecule has 3 rings (SSSR count). The number of rotatable bonds is 6. The Morgan fingerprint density at radius 3 is 2.70 bits per heavy atom. The highest BCUT2D eigenvalue weighted by Gasteiger charge is 2.12. The predicted octanol–water partition coefficient (Wildman–Crippen LogP) is 3.97. The molecule has 2 N–H and O–H groups in total. The largest absolute Gasteiger partial charge is 0.323 e. The van der Waals surface area contributed by atoms with Gasteiger partial charge in [0.05, 0.1) is 11.4 Å². The van der Waals surface area contributed by atoms with E-state index in [2.05, 4.69) is 20.8 Å². The first-order valence-electron chi connectivity index (χ1n) is 7.90. The van der Waals surface area contributed by atoms with Crippen LogP contribution in [0, 0.1) is 12.7 Å². The van der Waals surface area contributed by atoms with Crippen molar-refractivity contribution in [3.63, 3.8) is 0 Å². The van der Waals surface area contributed by atoms with Gasteiger partial charge >= 0.3 is 0 Å². The van der Waals surface area contributed by atoms with Crippen molar-refractivity contribution in [2.75, 3.05) is 16.4 Å². The maximum Gasteiger partial charge on any atom is 0.257 e. The van der Waals surface area contributed by atoms with Gasteiger partial charge in [0, 0.05) is 5.56 Å². The summed E-state index contributed by atoms with van der Waals surface area (Å²) in [5.41, 5.74) is 1.65. The van der Waals surface area contributed by atoms with Gasteiger partial charge in [0.15, 0.2) is 4.34 Å². The Morgan fingerprint density at radius 2 is 1.93 bits per heavy atom. The number of nitrogens with zero attached hydrogens (tertiary/aromatic N) is 2. The average molecular weight is 402 g/mol. The molecule has 0 bridgehead atoms. The second-order valence-corrected chi connectivity index (χ2v) is 7.71. The number of nitrogens with one attached hydrogen (secondary N) is 2. The van der Waals surface area contributed by atoms with E-state index < -0.39 is 5.82 Å². The van der Waals surface area contributed by atoms with Crippen molar-refractivity contribution in [1.29, 1.82) is 0 Å². The minimum absolute atomic E-state index is 0.0504. The fourth-order valence-electron chi connectivity index (χ4n) is 2.15. The van der Waals surface area contributed by atoms with Crippen molar-refractivity contribution in [1.82, 2.24) is 10.2 Å². The third-order valence-electron chi connectivity index (χ3n) is 3.38. The maximum absolute atomic E-state index is 13.5. The molecule has 0 radical (unpaired) electrons. The van der Waals surface area contributed by atoms with Crippen LogP contribution in [0.1, 0.15) is 15.9 Å². The van der Waals surface area contributed by atoms with E-state index in [9.17, 15) is 14.0 Å². The molecule has 0 spiro atoms. The normalized spacial score (nSPS) is 10.4. The molecule has 0 saturated carbocycles. The summed E-state index contributed by atoms with van der Waals surface area (Å²) in [6.07, 6.45) is 0. The van der Waals surface area contributed by atoms with Gasteiger partial charge in [-0.15, -0.1) is 10.2 Å². The molecule has 0 atom stereocenters. The van der Waals surface area contributed by atoms with Crippen LogP contribution in [0.4, 0.5) is 15.2 Å². The van der Waals surface area contributed by atoms with E-state index in [1.54, 1.807) is 30.3 Å². The SMILES string of the molecule is Cc1cccc(C(=O)Nc2nnc(SCC(=O)Nc3ccccc3F)s2)c1. The van der Waals surface area contributed by atoms with E-state index >= 15 is 0 Å². The third-order valence-corrected chi connectivity index (χ3v) is 5.35. The van der Waals surface area contributed by atoms with Gasteiger partial charge in [-0.3, -0.25) is 14.9 Å². The fourth-order valence-corrected chi connectivity index (χ4v) is 3.70. The minimum atomic E-state index is -0.493. The predicted molar refractivity (Wildman–Crippen MR) is 105 cm³/mol. The summed E-state index contributed by atoms with van der Waals surface area (Å²) in [7, 11) is 0. The van der Waals surface area contributed by atoms with Crippen LogP contribution in [-0.2, 0) is 4.79 Å². The first-order chi connectivity index (χ1) is 13.0. The van der Waals surface area contributed by atoms with Crippen LogP contribution in [0.5, 0.6) is 0 Å². The molecule has 0 unspecified atom stereocenters. The highest BCUT2D eigenvalue weighted by atomic mass is 32.2. The van der Waals surface area contributed by atoms with Crippen LogP contribution in [0.25, 0.3) is 0 Å². The number of amides is 2. The van der Waals surface area contributed by atoms with Crippen molar-refractivity contribution in [3.8, 4) is 0 Å². The third kappa shape index (κ3) is 5.35. The van der Waals surface area contributed by atoms with Crippen LogP contribution in [0.15, 0.2) is 52.9 Å². The number of para-hydroxylation sites is 1. The van der Waals surface area contributed by atoms with Crippen LogP contribution < -0.4 is 10.6 Å². The van der Waals surface area contributed by atoms with Crippen molar-refractivity contribution < 1.29 is 14.0 Å². The van der Waals surface area contributed by atoms with E-state index in [1.165, 1.54) is 23.5 Å². The fraction of sp³-hybridized carbons (Fsp3) is 0.111. The highest BCUT2D eigenvalue weighted by Crippen LogP contribution is 2.26. The standard InChI is InChI=1S/C18H15FN4O2S2/c1-11-5-4-6-12(9-11)16(25)21-17-22-23-18(27-17)26-10-15(24)20-14-8-3-2-7-13(14)19/h2-9H,10H2,1H3,(H,20,24)(H,21,22,25). The van der Waals surface area contributed by atoms with Crippen molar-refractivity contribution >= 4 is 45.7 Å². The molecule has 0 saturated heterocycles. The second-order valence-electron chi connectivity index (χ2n) is 5.51. The Labute approximate surface area is 163 Å². The lowest BCUT2D eigenvalue weighted by atomic mass is 10.1. The van der Waals surface area contributed by atoms with E-state index in [1.807, 2.05) is 13.0 Å². The van der Waals surface area contributed by atoms with Gasteiger partial charge in [-0.05, 0) is 31.2 Å². The van der Waals surface area contributed by atoms with Crippen LogP contribution in [0.3, 0.4) is 0 Å². The lowest BCUT2D eigenvalue weighted by Crippen LogP contribution is -2.14. The van der Waals surface area contributed by atoms with Crippen molar-refractivity contribution in [2.45, 2.75) is 11.3 Å². The zero-order chi connectivity index (χ0) is 19.2. The van der Waals surface area contributed by atoms with Gasteiger partial charge < -0.3 is 5.32 Å². The first kappa shape index (κ1) is 19.0. The number of halogens is 1. The number of hydrogen-bond donors (Lipinski definition) is 2. The summed E-state index contributed by atoms with van der Waals surface area (Å²) in [4.78, 5) is 24.1. The summed E-state index contributed by atoms with van der Waals surface area (Å²) < 4.78 is 14.0. The molecule has 9 heteroatoms. The molecule has 1 heterocycles. The molecule has 27 heavy (non-hydrogen) atoms. The van der Waals surface area contributed by atoms with E-state index in [4.69, 9.17) is 0 Å². The quantitative estimate of drug-likeness (QED) is 0.481.